The van der Waals surface area contributed by atoms with E-state index in [2.05, 4.69) is 0 Å². The average molecular weight is 313 g/mol. The zero-order chi connectivity index (χ0) is 16.4. The second kappa shape index (κ2) is 6.50. The quantitative estimate of drug-likeness (QED) is 0.943. The van der Waals surface area contributed by atoms with E-state index in [0.717, 1.165) is 29.5 Å². The second-order valence-electron chi connectivity index (χ2n) is 6.04. The first-order valence-electron chi connectivity index (χ1n) is 7.88. The molecule has 0 saturated carbocycles. The van der Waals surface area contributed by atoms with Gasteiger partial charge in [0, 0.05) is 6.54 Å². The standard InChI is InChI=1S/C19H20FNO2/c1-13-4-6-14(7-5-13)15-8-9-17(18(20)11-15)19(23)21-10-2-3-16(21)12-22/h4-9,11,16,22H,2-3,10,12H2,1H3/t16-/m1/s1. The molecule has 3 rings (SSSR count). The molecular weight excluding hydrogens is 293 g/mol. The van der Waals surface area contributed by atoms with Crippen LogP contribution in [0.3, 0.4) is 0 Å². The molecule has 0 spiro atoms. The maximum Gasteiger partial charge on any atom is 0.257 e. The van der Waals surface area contributed by atoms with Crippen LogP contribution < -0.4 is 0 Å². The maximum absolute atomic E-state index is 14.4. The van der Waals surface area contributed by atoms with E-state index in [1.807, 2.05) is 31.2 Å². The summed E-state index contributed by atoms with van der Waals surface area (Å²) in [6.07, 6.45) is 1.62. The summed E-state index contributed by atoms with van der Waals surface area (Å²) in [5, 5.41) is 9.33. The Bertz CT molecular complexity index is 712. The van der Waals surface area contributed by atoms with Crippen molar-refractivity contribution in [2.75, 3.05) is 13.2 Å². The molecule has 0 bridgehead atoms. The Morgan fingerprint density at radius 2 is 1.91 bits per heavy atom. The van der Waals surface area contributed by atoms with Crippen LogP contribution in [0.25, 0.3) is 11.1 Å². The van der Waals surface area contributed by atoms with Gasteiger partial charge in [0.05, 0.1) is 18.2 Å². The Labute approximate surface area is 135 Å². The lowest BCUT2D eigenvalue weighted by atomic mass is 10.0. The number of benzene rings is 2. The van der Waals surface area contributed by atoms with Crippen LogP contribution in [0.1, 0.15) is 28.8 Å². The predicted octanol–water partition coefficient (Wildman–Crippen LogP) is 3.40. The second-order valence-corrected chi connectivity index (χ2v) is 6.04. The number of aliphatic hydroxyl groups is 1. The van der Waals surface area contributed by atoms with Crippen molar-refractivity contribution in [2.45, 2.75) is 25.8 Å². The summed E-state index contributed by atoms with van der Waals surface area (Å²) in [7, 11) is 0. The highest BCUT2D eigenvalue weighted by atomic mass is 19.1. The molecule has 1 amide bonds. The number of likely N-dealkylation sites (tertiary alicyclic amines) is 1. The van der Waals surface area contributed by atoms with Gasteiger partial charge in [-0.15, -0.1) is 0 Å². The smallest absolute Gasteiger partial charge is 0.257 e. The number of rotatable bonds is 3. The monoisotopic (exact) mass is 313 g/mol. The molecule has 0 aromatic heterocycles. The Hall–Kier alpha value is -2.20. The fourth-order valence-corrected chi connectivity index (χ4v) is 3.06. The highest BCUT2D eigenvalue weighted by Gasteiger charge is 2.30. The number of aliphatic hydroxyl groups excluding tert-OH is 1. The van der Waals surface area contributed by atoms with E-state index in [4.69, 9.17) is 0 Å². The van der Waals surface area contributed by atoms with Crippen molar-refractivity contribution in [3.63, 3.8) is 0 Å². The molecule has 1 saturated heterocycles. The lowest BCUT2D eigenvalue weighted by molar-refractivity contribution is 0.0673. The van der Waals surface area contributed by atoms with Gasteiger partial charge in [-0.25, -0.2) is 4.39 Å². The van der Waals surface area contributed by atoms with Crippen LogP contribution in [0.5, 0.6) is 0 Å². The molecule has 0 unspecified atom stereocenters. The van der Waals surface area contributed by atoms with Gasteiger partial charge >= 0.3 is 0 Å². The molecule has 1 aliphatic rings. The summed E-state index contributed by atoms with van der Waals surface area (Å²) in [4.78, 5) is 14.1. The van der Waals surface area contributed by atoms with Crippen molar-refractivity contribution in [1.29, 1.82) is 0 Å². The largest absolute Gasteiger partial charge is 0.394 e. The number of carbonyl (C=O) groups is 1. The molecule has 1 aliphatic heterocycles. The molecule has 2 aromatic carbocycles. The van der Waals surface area contributed by atoms with Gasteiger partial charge in [-0.2, -0.15) is 0 Å². The highest BCUT2D eigenvalue weighted by molar-refractivity contribution is 5.95. The van der Waals surface area contributed by atoms with Gasteiger partial charge in [-0.05, 0) is 43.0 Å². The number of amides is 1. The SMILES string of the molecule is Cc1ccc(-c2ccc(C(=O)N3CCC[C@@H]3CO)c(F)c2)cc1. The minimum absolute atomic E-state index is 0.0706. The van der Waals surface area contributed by atoms with Crippen molar-refractivity contribution >= 4 is 5.91 Å². The summed E-state index contributed by atoms with van der Waals surface area (Å²) < 4.78 is 14.4. The first kappa shape index (κ1) is 15.7. The molecule has 2 aromatic rings. The molecule has 4 heteroatoms. The Morgan fingerprint density at radius 3 is 2.57 bits per heavy atom. The lowest BCUT2D eigenvalue weighted by Crippen LogP contribution is -2.38. The zero-order valence-corrected chi connectivity index (χ0v) is 13.1. The third kappa shape index (κ3) is 3.13. The number of halogens is 1. The first-order valence-corrected chi connectivity index (χ1v) is 7.88. The lowest BCUT2D eigenvalue weighted by Gasteiger charge is -2.23. The third-order valence-corrected chi connectivity index (χ3v) is 4.43. The van der Waals surface area contributed by atoms with E-state index >= 15 is 0 Å². The minimum atomic E-state index is -0.517. The van der Waals surface area contributed by atoms with E-state index in [1.54, 1.807) is 17.0 Å². The van der Waals surface area contributed by atoms with Gasteiger partial charge in [-0.3, -0.25) is 4.79 Å². The van der Waals surface area contributed by atoms with Gasteiger partial charge in [0.15, 0.2) is 0 Å². The van der Waals surface area contributed by atoms with Crippen molar-refractivity contribution in [3.05, 3.63) is 59.4 Å². The average Bonchev–Trinajstić information content (AvgIpc) is 3.03. The summed E-state index contributed by atoms with van der Waals surface area (Å²) >= 11 is 0. The topological polar surface area (TPSA) is 40.5 Å². The Morgan fingerprint density at radius 1 is 1.22 bits per heavy atom. The fourth-order valence-electron chi connectivity index (χ4n) is 3.06. The number of carbonyl (C=O) groups excluding carboxylic acids is 1. The van der Waals surface area contributed by atoms with Crippen LogP contribution in [0.15, 0.2) is 42.5 Å². The van der Waals surface area contributed by atoms with E-state index in [0.29, 0.717) is 6.54 Å². The van der Waals surface area contributed by atoms with Crippen LogP contribution in [0, 0.1) is 12.7 Å². The van der Waals surface area contributed by atoms with Crippen LogP contribution in [-0.4, -0.2) is 35.1 Å². The van der Waals surface area contributed by atoms with Crippen LogP contribution in [-0.2, 0) is 0 Å². The molecule has 1 N–H and O–H groups in total. The van der Waals surface area contributed by atoms with Gasteiger partial charge in [0.1, 0.15) is 5.82 Å². The summed E-state index contributed by atoms with van der Waals surface area (Å²) in [5.74, 6) is -0.855. The molecule has 1 fully saturated rings. The van der Waals surface area contributed by atoms with Crippen molar-refractivity contribution in [3.8, 4) is 11.1 Å². The normalized spacial score (nSPS) is 17.5. The molecule has 1 heterocycles. The fraction of sp³-hybridized carbons (Fsp3) is 0.316. The van der Waals surface area contributed by atoms with Crippen molar-refractivity contribution < 1.29 is 14.3 Å². The van der Waals surface area contributed by atoms with Crippen molar-refractivity contribution in [2.24, 2.45) is 0 Å². The molecule has 3 nitrogen and oxygen atoms in total. The third-order valence-electron chi connectivity index (χ3n) is 4.43. The first-order chi connectivity index (χ1) is 11.1. The van der Waals surface area contributed by atoms with E-state index < -0.39 is 5.82 Å². The highest BCUT2D eigenvalue weighted by Crippen LogP contribution is 2.25. The van der Waals surface area contributed by atoms with Crippen molar-refractivity contribution in [1.82, 2.24) is 4.90 Å². The number of aryl methyl sites for hydroxylation is 1. The Kier molecular flexibility index (Phi) is 4.44. The summed E-state index contributed by atoms with van der Waals surface area (Å²) in [6.45, 7) is 2.50. The van der Waals surface area contributed by atoms with Gasteiger partial charge in [-0.1, -0.05) is 35.9 Å². The number of hydrogen-bond donors (Lipinski definition) is 1. The van der Waals surface area contributed by atoms with Gasteiger partial charge in [0.25, 0.3) is 5.91 Å². The minimum Gasteiger partial charge on any atom is -0.394 e. The predicted molar refractivity (Wildman–Crippen MR) is 87.7 cm³/mol. The van der Waals surface area contributed by atoms with E-state index in [1.165, 1.54) is 6.07 Å². The van der Waals surface area contributed by atoms with Crippen LogP contribution in [0.4, 0.5) is 4.39 Å². The van der Waals surface area contributed by atoms with Gasteiger partial charge in [0.2, 0.25) is 0 Å². The van der Waals surface area contributed by atoms with Gasteiger partial charge < -0.3 is 10.0 Å². The number of hydrogen-bond acceptors (Lipinski definition) is 2. The number of nitrogens with zero attached hydrogens (tertiary/aromatic N) is 1. The summed E-state index contributed by atoms with van der Waals surface area (Å²) in [6, 6.07) is 12.3. The molecule has 0 aliphatic carbocycles. The molecule has 23 heavy (non-hydrogen) atoms. The molecule has 1 atom stereocenters. The van der Waals surface area contributed by atoms with E-state index in [-0.39, 0.29) is 24.1 Å². The Balaban J connectivity index is 1.87. The van der Waals surface area contributed by atoms with Crippen LogP contribution >= 0.6 is 0 Å². The molecular formula is C19H20FNO2. The van der Waals surface area contributed by atoms with E-state index in [9.17, 15) is 14.3 Å². The van der Waals surface area contributed by atoms with Crippen LogP contribution in [0.2, 0.25) is 0 Å². The molecule has 0 radical (unpaired) electrons. The maximum atomic E-state index is 14.4. The molecule has 120 valence electrons. The summed E-state index contributed by atoms with van der Waals surface area (Å²) in [5.41, 5.74) is 2.88. The zero-order valence-electron chi connectivity index (χ0n) is 13.1.